The van der Waals surface area contributed by atoms with Crippen LogP contribution in [0.25, 0.3) is 0 Å². The minimum Gasteiger partial charge on any atom is -0.347 e. The number of aromatic amines is 1. The fourth-order valence-corrected chi connectivity index (χ4v) is 2.25. The Bertz CT molecular complexity index is 666. The first-order valence-corrected chi connectivity index (χ1v) is 6.80. The van der Waals surface area contributed by atoms with E-state index in [1.165, 1.54) is 0 Å². The first-order valence-electron chi connectivity index (χ1n) is 5.97. The molecular weight excluding hydrogens is 274 g/mol. The van der Waals surface area contributed by atoms with Crippen LogP contribution in [0.1, 0.15) is 16.3 Å². The third-order valence-electron chi connectivity index (χ3n) is 2.75. The van der Waals surface area contributed by atoms with Crippen molar-refractivity contribution in [2.75, 3.05) is 4.90 Å². The first kappa shape index (κ1) is 12.5. The number of H-pyrrole nitrogens is 1. The second-order valence-electron chi connectivity index (χ2n) is 4.05. The van der Waals surface area contributed by atoms with E-state index < -0.39 is 0 Å². The molecule has 20 heavy (non-hydrogen) atoms. The summed E-state index contributed by atoms with van der Waals surface area (Å²) in [5, 5.41) is 5.48. The number of carbonyl (C=O) groups is 1. The third kappa shape index (κ3) is 2.57. The van der Waals surface area contributed by atoms with Crippen LogP contribution in [0, 0.1) is 0 Å². The molecule has 0 radical (unpaired) electrons. The van der Waals surface area contributed by atoms with Crippen molar-refractivity contribution in [1.82, 2.24) is 19.6 Å². The fourth-order valence-electron chi connectivity index (χ4n) is 1.82. The zero-order chi connectivity index (χ0) is 13.8. The number of nitrogens with zero attached hydrogens (tertiary/aromatic N) is 4. The second-order valence-corrected chi connectivity index (χ2v) is 4.66. The topological polar surface area (TPSA) is 74.8 Å². The van der Waals surface area contributed by atoms with E-state index >= 15 is 0 Å². The summed E-state index contributed by atoms with van der Waals surface area (Å²) < 4.78 is 3.74. The summed E-state index contributed by atoms with van der Waals surface area (Å²) in [7, 11) is 0. The average Bonchev–Trinajstić information content (AvgIpc) is 3.18. The molecule has 6 nitrogen and oxygen atoms in total. The summed E-state index contributed by atoms with van der Waals surface area (Å²) in [6, 6.07) is 9.43. The fraction of sp³-hybridized carbons (Fsp3) is 0.0769. The van der Waals surface area contributed by atoms with Crippen molar-refractivity contribution in [3.05, 3.63) is 59.6 Å². The molecule has 2 aromatic heterocycles. The van der Waals surface area contributed by atoms with Gasteiger partial charge in [-0.1, -0.05) is 22.7 Å². The quantitative estimate of drug-likeness (QED) is 0.796. The van der Waals surface area contributed by atoms with Crippen molar-refractivity contribution in [2.45, 2.75) is 6.54 Å². The van der Waals surface area contributed by atoms with Crippen LogP contribution >= 0.6 is 11.5 Å². The zero-order valence-electron chi connectivity index (χ0n) is 10.4. The van der Waals surface area contributed by atoms with Crippen LogP contribution < -0.4 is 4.90 Å². The van der Waals surface area contributed by atoms with Gasteiger partial charge in [-0.05, 0) is 23.7 Å². The molecule has 0 unspecified atom stereocenters. The third-order valence-corrected chi connectivity index (χ3v) is 3.26. The number of anilines is 1. The van der Waals surface area contributed by atoms with E-state index in [1.807, 2.05) is 30.3 Å². The zero-order valence-corrected chi connectivity index (χ0v) is 11.2. The van der Waals surface area contributed by atoms with Crippen molar-refractivity contribution in [3.63, 3.8) is 0 Å². The van der Waals surface area contributed by atoms with Crippen LogP contribution in [0.15, 0.2) is 48.1 Å². The number of amides is 1. The van der Waals surface area contributed by atoms with Gasteiger partial charge in [0.2, 0.25) is 0 Å². The van der Waals surface area contributed by atoms with Crippen LogP contribution in [0.5, 0.6) is 0 Å². The summed E-state index contributed by atoms with van der Waals surface area (Å²) in [4.78, 5) is 21.3. The predicted octanol–water partition coefficient (Wildman–Crippen LogP) is 2.11. The number of hydrogen-bond donors (Lipinski definition) is 1. The van der Waals surface area contributed by atoms with Gasteiger partial charge in [-0.15, -0.1) is 5.10 Å². The molecule has 0 spiro atoms. The molecular formula is C13H11N5OS. The molecule has 0 saturated carbocycles. The van der Waals surface area contributed by atoms with Gasteiger partial charge in [0.15, 0.2) is 5.69 Å². The molecule has 0 bridgehead atoms. The summed E-state index contributed by atoms with van der Waals surface area (Å²) in [6.45, 7) is 0.355. The lowest BCUT2D eigenvalue weighted by atomic mass is 10.2. The summed E-state index contributed by atoms with van der Waals surface area (Å²) >= 11 is 1.16. The minimum atomic E-state index is -0.193. The maximum atomic E-state index is 12.5. The smallest absolute Gasteiger partial charge is 0.280 e. The van der Waals surface area contributed by atoms with Crippen LogP contribution in [0.3, 0.4) is 0 Å². The highest BCUT2D eigenvalue weighted by Gasteiger charge is 2.20. The highest BCUT2D eigenvalue weighted by Crippen LogP contribution is 2.18. The number of nitrogens with one attached hydrogen (secondary N) is 1. The molecule has 1 N–H and O–H groups in total. The molecule has 3 aromatic rings. The van der Waals surface area contributed by atoms with Crippen LogP contribution in [0.2, 0.25) is 0 Å². The van der Waals surface area contributed by atoms with Gasteiger partial charge in [0.05, 0.1) is 6.54 Å². The van der Waals surface area contributed by atoms with Crippen molar-refractivity contribution in [1.29, 1.82) is 0 Å². The van der Waals surface area contributed by atoms with Crippen LogP contribution in [-0.2, 0) is 6.54 Å². The standard InChI is InChI=1S/C13H11N5OS/c19-13(11-9-20-17-16-11)18(8-12-14-6-7-15-12)10-4-2-1-3-5-10/h1-7,9H,8H2,(H,14,15). The molecule has 1 aromatic carbocycles. The Labute approximate surface area is 119 Å². The maximum absolute atomic E-state index is 12.5. The Morgan fingerprint density at radius 3 is 2.80 bits per heavy atom. The van der Waals surface area contributed by atoms with Crippen LogP contribution in [0.4, 0.5) is 5.69 Å². The predicted molar refractivity (Wildman–Crippen MR) is 75.5 cm³/mol. The normalized spacial score (nSPS) is 10.4. The van der Waals surface area contributed by atoms with Crippen molar-refractivity contribution < 1.29 is 4.79 Å². The second kappa shape index (κ2) is 5.62. The van der Waals surface area contributed by atoms with Gasteiger partial charge in [-0.25, -0.2) is 4.98 Å². The van der Waals surface area contributed by atoms with E-state index in [9.17, 15) is 4.79 Å². The molecule has 0 aliphatic heterocycles. The molecule has 100 valence electrons. The van der Waals surface area contributed by atoms with E-state index in [4.69, 9.17) is 0 Å². The molecule has 0 aliphatic rings. The highest BCUT2D eigenvalue weighted by molar-refractivity contribution is 7.03. The number of imidazole rings is 1. The maximum Gasteiger partial charge on any atom is 0.280 e. The van der Waals surface area contributed by atoms with Gasteiger partial charge < -0.3 is 4.98 Å². The lowest BCUT2D eigenvalue weighted by molar-refractivity contribution is 0.0979. The summed E-state index contributed by atoms with van der Waals surface area (Å²) in [6.07, 6.45) is 3.39. The van der Waals surface area contributed by atoms with Gasteiger partial charge in [0.1, 0.15) is 5.82 Å². The van der Waals surface area contributed by atoms with E-state index in [-0.39, 0.29) is 5.91 Å². The van der Waals surface area contributed by atoms with Crippen LogP contribution in [-0.4, -0.2) is 25.5 Å². The lowest BCUT2D eigenvalue weighted by Crippen LogP contribution is -2.31. The van der Waals surface area contributed by atoms with E-state index in [2.05, 4.69) is 19.6 Å². The van der Waals surface area contributed by atoms with E-state index in [0.29, 0.717) is 18.1 Å². The Balaban J connectivity index is 1.93. The number of carbonyl (C=O) groups excluding carboxylic acids is 1. The Kier molecular flexibility index (Phi) is 3.51. The Hall–Kier alpha value is -2.54. The molecule has 3 rings (SSSR count). The summed E-state index contributed by atoms with van der Waals surface area (Å²) in [5.74, 6) is 0.520. The number of rotatable bonds is 4. The SMILES string of the molecule is O=C(c1csnn1)N(Cc1ncc[nH]1)c1ccccc1. The number of benzene rings is 1. The number of para-hydroxylation sites is 1. The van der Waals surface area contributed by atoms with Crippen molar-refractivity contribution in [2.24, 2.45) is 0 Å². The van der Waals surface area contributed by atoms with Gasteiger partial charge in [-0.2, -0.15) is 0 Å². The number of aromatic nitrogens is 4. The van der Waals surface area contributed by atoms with Gasteiger partial charge in [0, 0.05) is 23.5 Å². The first-order chi connectivity index (χ1) is 9.84. The molecule has 0 aliphatic carbocycles. The van der Waals surface area contributed by atoms with Crippen molar-refractivity contribution in [3.8, 4) is 0 Å². The molecule has 0 fully saturated rings. The minimum absolute atomic E-state index is 0.193. The number of hydrogen-bond acceptors (Lipinski definition) is 5. The van der Waals surface area contributed by atoms with Gasteiger partial charge in [-0.3, -0.25) is 9.69 Å². The monoisotopic (exact) mass is 285 g/mol. The van der Waals surface area contributed by atoms with Gasteiger partial charge >= 0.3 is 0 Å². The molecule has 0 saturated heterocycles. The molecule has 1 amide bonds. The van der Waals surface area contributed by atoms with Crippen molar-refractivity contribution >= 4 is 23.1 Å². The molecule has 2 heterocycles. The Morgan fingerprint density at radius 1 is 1.30 bits per heavy atom. The molecule has 7 heteroatoms. The van der Waals surface area contributed by atoms with E-state index in [0.717, 1.165) is 17.2 Å². The lowest BCUT2D eigenvalue weighted by Gasteiger charge is -2.20. The van der Waals surface area contributed by atoms with Gasteiger partial charge in [0.25, 0.3) is 5.91 Å². The van der Waals surface area contributed by atoms with E-state index in [1.54, 1.807) is 22.7 Å². The Morgan fingerprint density at radius 2 is 2.15 bits per heavy atom. The molecule has 0 atom stereocenters. The highest BCUT2D eigenvalue weighted by atomic mass is 32.1. The summed E-state index contributed by atoms with van der Waals surface area (Å²) in [5.41, 5.74) is 1.13. The largest absolute Gasteiger partial charge is 0.347 e. The average molecular weight is 285 g/mol.